The van der Waals surface area contributed by atoms with Gasteiger partial charge >= 0.3 is 0 Å². The van der Waals surface area contributed by atoms with Crippen molar-refractivity contribution >= 4 is 11.8 Å². The van der Waals surface area contributed by atoms with Crippen molar-refractivity contribution in [2.45, 2.75) is 13.0 Å². The first-order valence-electron chi connectivity index (χ1n) is 9.13. The molecule has 0 saturated carbocycles. The normalized spacial score (nSPS) is 11.0. The number of aromatic nitrogens is 3. The zero-order valence-electron chi connectivity index (χ0n) is 16.4. The molecule has 0 fully saturated rings. The van der Waals surface area contributed by atoms with Gasteiger partial charge in [-0.1, -0.05) is 30.3 Å². The summed E-state index contributed by atoms with van der Waals surface area (Å²) in [5.41, 5.74) is 3.42. The van der Waals surface area contributed by atoms with Crippen LogP contribution in [0.15, 0.2) is 61.1 Å². The summed E-state index contributed by atoms with van der Waals surface area (Å²) in [5.74, 6) is 1.52. The first-order chi connectivity index (χ1) is 14.2. The van der Waals surface area contributed by atoms with E-state index >= 15 is 0 Å². The molecule has 0 spiro atoms. The predicted molar refractivity (Wildman–Crippen MR) is 112 cm³/mol. The molecule has 2 N–H and O–H groups in total. The van der Waals surface area contributed by atoms with Crippen LogP contribution >= 0.6 is 0 Å². The quantitative estimate of drug-likeness (QED) is 0.546. The minimum atomic E-state index is 0.420. The van der Waals surface area contributed by atoms with Crippen molar-refractivity contribution in [2.24, 2.45) is 0 Å². The van der Waals surface area contributed by atoms with Crippen LogP contribution < -0.4 is 14.8 Å². The Morgan fingerprint density at radius 2 is 1.97 bits per heavy atom. The molecule has 7 heteroatoms. The Bertz CT molecular complexity index is 990. The van der Waals surface area contributed by atoms with Crippen molar-refractivity contribution in [1.82, 2.24) is 20.3 Å². The first kappa shape index (κ1) is 20.0. The number of pyridine rings is 1. The van der Waals surface area contributed by atoms with E-state index in [-0.39, 0.29) is 0 Å². The third-order valence-corrected chi connectivity index (χ3v) is 4.13. The summed E-state index contributed by atoms with van der Waals surface area (Å²) in [6.45, 7) is 0.420. The lowest BCUT2D eigenvalue weighted by atomic mass is 10.1. The monoisotopic (exact) mass is 389 g/mol. The van der Waals surface area contributed by atoms with E-state index in [9.17, 15) is 0 Å². The molecular formula is C22H23N5O2. The second kappa shape index (κ2) is 9.98. The van der Waals surface area contributed by atoms with Crippen molar-refractivity contribution in [1.29, 1.82) is 5.41 Å². The Hall–Kier alpha value is -3.74. The molecule has 3 aromatic rings. The Morgan fingerprint density at radius 1 is 1.14 bits per heavy atom. The van der Waals surface area contributed by atoms with Gasteiger partial charge in [0, 0.05) is 44.0 Å². The number of hydrogen-bond donors (Lipinski definition) is 2. The number of rotatable bonds is 9. The van der Waals surface area contributed by atoms with Crippen LogP contribution in [-0.2, 0) is 13.0 Å². The van der Waals surface area contributed by atoms with Crippen molar-refractivity contribution in [3.8, 4) is 11.6 Å². The number of benzene rings is 1. The smallest absolute Gasteiger partial charge is 0.257 e. The van der Waals surface area contributed by atoms with Crippen molar-refractivity contribution in [2.75, 3.05) is 14.2 Å². The highest BCUT2D eigenvalue weighted by Crippen LogP contribution is 2.26. The zero-order valence-corrected chi connectivity index (χ0v) is 16.4. The highest BCUT2D eigenvalue weighted by molar-refractivity contribution is 6.06. The summed E-state index contributed by atoms with van der Waals surface area (Å²) in [6, 6.07) is 13.6. The van der Waals surface area contributed by atoms with Gasteiger partial charge in [0.1, 0.15) is 6.61 Å². The van der Waals surface area contributed by atoms with E-state index < -0.39 is 0 Å². The van der Waals surface area contributed by atoms with Gasteiger partial charge in [-0.25, -0.2) is 15.0 Å². The van der Waals surface area contributed by atoms with E-state index in [1.54, 1.807) is 32.8 Å². The Balaban J connectivity index is 1.75. The van der Waals surface area contributed by atoms with Gasteiger partial charge < -0.3 is 20.2 Å². The van der Waals surface area contributed by atoms with Crippen LogP contribution in [0.1, 0.15) is 22.6 Å². The SMILES string of the molecule is CN/C=C(\C=N)c1nccc(Cc2cnc(OCc3ccccc3)c(OC)c2)n1. The summed E-state index contributed by atoms with van der Waals surface area (Å²) in [6.07, 6.45) is 6.91. The summed E-state index contributed by atoms with van der Waals surface area (Å²) in [7, 11) is 3.37. The minimum absolute atomic E-state index is 0.420. The number of ether oxygens (including phenoxy) is 2. The number of nitrogens with one attached hydrogen (secondary N) is 2. The highest BCUT2D eigenvalue weighted by Gasteiger charge is 2.10. The standard InChI is InChI=1S/C22H23N5O2/c1-24-14-18(12-23)21-25-9-8-19(27-21)10-17-11-20(28-2)22(26-13-17)29-15-16-6-4-3-5-7-16/h3-9,11-14,23-24H,10,15H2,1-2H3/b18-14+,23-12?. The topological polar surface area (TPSA) is 93.0 Å². The number of methoxy groups -OCH3 is 1. The van der Waals surface area contributed by atoms with Gasteiger partial charge in [0.25, 0.3) is 5.88 Å². The number of nitrogens with zero attached hydrogens (tertiary/aromatic N) is 3. The van der Waals surface area contributed by atoms with Crippen LogP contribution in [0.2, 0.25) is 0 Å². The molecule has 2 aromatic heterocycles. The van der Waals surface area contributed by atoms with Crippen LogP contribution in [0.4, 0.5) is 0 Å². The van der Waals surface area contributed by atoms with Crippen LogP contribution in [-0.4, -0.2) is 35.3 Å². The molecule has 0 radical (unpaired) electrons. The molecule has 148 valence electrons. The lowest BCUT2D eigenvalue weighted by Gasteiger charge is -2.11. The lowest BCUT2D eigenvalue weighted by Crippen LogP contribution is -2.04. The van der Waals surface area contributed by atoms with E-state index in [4.69, 9.17) is 14.9 Å². The second-order valence-corrected chi connectivity index (χ2v) is 6.21. The fraction of sp³-hybridized carbons (Fsp3) is 0.182. The second-order valence-electron chi connectivity index (χ2n) is 6.21. The van der Waals surface area contributed by atoms with Crippen LogP contribution in [0.3, 0.4) is 0 Å². The summed E-state index contributed by atoms with van der Waals surface area (Å²) >= 11 is 0. The molecular weight excluding hydrogens is 366 g/mol. The molecule has 29 heavy (non-hydrogen) atoms. The maximum absolute atomic E-state index is 7.52. The van der Waals surface area contributed by atoms with Crippen molar-refractivity contribution in [3.05, 3.63) is 83.7 Å². The summed E-state index contributed by atoms with van der Waals surface area (Å²) < 4.78 is 11.3. The fourth-order valence-corrected chi connectivity index (χ4v) is 2.72. The highest BCUT2D eigenvalue weighted by atomic mass is 16.5. The number of hydrogen-bond acceptors (Lipinski definition) is 7. The van der Waals surface area contributed by atoms with E-state index in [0.717, 1.165) is 16.8 Å². The average Bonchev–Trinajstić information content (AvgIpc) is 2.77. The number of allylic oxidation sites excluding steroid dienone is 1. The molecule has 3 rings (SSSR count). The molecule has 0 aliphatic carbocycles. The third kappa shape index (κ3) is 5.38. The van der Waals surface area contributed by atoms with Crippen LogP contribution in [0.25, 0.3) is 5.57 Å². The molecule has 2 heterocycles. The van der Waals surface area contributed by atoms with Gasteiger partial charge in [0.2, 0.25) is 0 Å². The Morgan fingerprint density at radius 3 is 2.69 bits per heavy atom. The van der Waals surface area contributed by atoms with Crippen LogP contribution in [0, 0.1) is 5.41 Å². The molecule has 0 aliphatic heterocycles. The van der Waals surface area contributed by atoms with E-state index in [2.05, 4.69) is 20.3 Å². The molecule has 0 bridgehead atoms. The van der Waals surface area contributed by atoms with Crippen molar-refractivity contribution in [3.63, 3.8) is 0 Å². The molecule has 0 saturated heterocycles. The predicted octanol–water partition coefficient (Wildman–Crippen LogP) is 3.26. The van der Waals surface area contributed by atoms with Gasteiger partial charge in [-0.15, -0.1) is 0 Å². The summed E-state index contributed by atoms with van der Waals surface area (Å²) in [5, 5.41) is 10.4. The van der Waals surface area contributed by atoms with E-state index in [1.165, 1.54) is 6.21 Å². The Labute approximate surface area is 170 Å². The minimum Gasteiger partial charge on any atom is -0.491 e. The molecule has 0 atom stereocenters. The molecule has 1 aromatic carbocycles. The average molecular weight is 389 g/mol. The van der Waals surface area contributed by atoms with Crippen LogP contribution in [0.5, 0.6) is 11.6 Å². The summed E-state index contributed by atoms with van der Waals surface area (Å²) in [4.78, 5) is 13.2. The van der Waals surface area contributed by atoms with Gasteiger partial charge in [0.05, 0.1) is 12.7 Å². The van der Waals surface area contributed by atoms with Gasteiger partial charge in [-0.3, -0.25) is 0 Å². The van der Waals surface area contributed by atoms with E-state index in [1.807, 2.05) is 42.5 Å². The fourth-order valence-electron chi connectivity index (χ4n) is 2.72. The van der Waals surface area contributed by atoms with Crippen molar-refractivity contribution < 1.29 is 9.47 Å². The van der Waals surface area contributed by atoms with Gasteiger partial charge in [-0.2, -0.15) is 0 Å². The van der Waals surface area contributed by atoms with Gasteiger partial charge in [0.15, 0.2) is 11.6 Å². The first-order valence-corrected chi connectivity index (χ1v) is 9.13. The van der Waals surface area contributed by atoms with E-state index in [0.29, 0.717) is 36.1 Å². The molecule has 7 nitrogen and oxygen atoms in total. The molecule has 0 aliphatic rings. The third-order valence-electron chi connectivity index (χ3n) is 4.13. The van der Waals surface area contributed by atoms with Gasteiger partial charge in [-0.05, 0) is 23.3 Å². The zero-order chi connectivity index (χ0) is 20.5. The lowest BCUT2D eigenvalue weighted by molar-refractivity contribution is 0.272. The maximum Gasteiger partial charge on any atom is 0.257 e. The largest absolute Gasteiger partial charge is 0.491 e. The molecule has 0 amide bonds. The Kier molecular flexibility index (Phi) is 6.89. The maximum atomic E-state index is 7.52. The molecule has 0 unspecified atom stereocenters.